The van der Waals surface area contributed by atoms with Gasteiger partial charge in [0.15, 0.2) is 6.67 Å². The van der Waals surface area contributed by atoms with E-state index in [1.165, 1.54) is 21.6 Å². The van der Waals surface area contributed by atoms with Crippen molar-refractivity contribution in [3.8, 4) is 0 Å². The van der Waals surface area contributed by atoms with Gasteiger partial charge in [-0.05, 0) is 29.9 Å². The van der Waals surface area contributed by atoms with Crippen LogP contribution in [0.15, 0.2) is 29.4 Å². The highest BCUT2D eigenvalue weighted by Gasteiger charge is 2.13. The van der Waals surface area contributed by atoms with E-state index in [4.69, 9.17) is 0 Å². The Bertz CT molecular complexity index is 371. The average molecular weight is 286 g/mol. The predicted molar refractivity (Wildman–Crippen MR) is 78.2 cm³/mol. The summed E-state index contributed by atoms with van der Waals surface area (Å²) in [5.74, 6) is 0.522. The van der Waals surface area contributed by atoms with Gasteiger partial charge in [0.25, 0.3) is 0 Å². The number of pyridine rings is 1. The second-order valence-electron chi connectivity index (χ2n) is 4.52. The van der Waals surface area contributed by atoms with E-state index < -0.39 is 0 Å². The van der Waals surface area contributed by atoms with Crippen LogP contribution in [0.1, 0.15) is 6.92 Å². The zero-order valence-electron chi connectivity index (χ0n) is 11.0. The Morgan fingerprint density at radius 3 is 2.83 bits per heavy atom. The zero-order valence-corrected chi connectivity index (χ0v) is 12.7. The fourth-order valence-corrected chi connectivity index (χ4v) is 2.79. The van der Waals surface area contributed by atoms with Gasteiger partial charge in [-0.2, -0.15) is 0 Å². The molecule has 0 atom stereocenters. The van der Waals surface area contributed by atoms with E-state index >= 15 is 0 Å². The summed E-state index contributed by atoms with van der Waals surface area (Å²) >= 11 is 0. The van der Waals surface area contributed by atoms with Gasteiger partial charge >= 0.3 is 0 Å². The van der Waals surface area contributed by atoms with Gasteiger partial charge < -0.3 is 9.80 Å². The maximum Gasteiger partial charge on any atom is 0.235 e. The van der Waals surface area contributed by atoms with E-state index in [1.54, 1.807) is 6.20 Å². The zero-order chi connectivity index (χ0) is 13.4. The number of rotatable bonds is 7. The van der Waals surface area contributed by atoms with Crippen molar-refractivity contribution in [2.24, 2.45) is 0 Å². The van der Waals surface area contributed by atoms with Crippen LogP contribution >= 0.6 is 21.6 Å². The lowest BCUT2D eigenvalue weighted by atomic mass is 10.5. The Balaban J connectivity index is 2.18. The Morgan fingerprint density at radius 2 is 2.22 bits per heavy atom. The molecule has 18 heavy (non-hydrogen) atoms. The molecule has 0 aromatic carbocycles. The molecule has 100 valence electrons. The number of quaternary nitrogens is 1. The molecule has 0 saturated heterocycles. The molecular weight excluding hydrogens is 266 g/mol. The lowest BCUT2D eigenvalue weighted by Gasteiger charge is -2.27. The highest BCUT2D eigenvalue weighted by atomic mass is 33.1. The summed E-state index contributed by atoms with van der Waals surface area (Å²) in [7, 11) is 7.22. The summed E-state index contributed by atoms with van der Waals surface area (Å²) in [4.78, 5) is 15.8. The lowest BCUT2D eigenvalue weighted by molar-refractivity contribution is -0.890. The van der Waals surface area contributed by atoms with Gasteiger partial charge in [0.2, 0.25) is 5.91 Å². The van der Waals surface area contributed by atoms with Crippen LogP contribution in [0.5, 0.6) is 0 Å². The number of nitrogens with zero attached hydrogens (tertiary/aromatic N) is 2. The molecule has 0 spiro atoms. The number of carbonyl (C=O) groups is 1. The summed E-state index contributed by atoms with van der Waals surface area (Å²) in [5.41, 5.74) is 0. The van der Waals surface area contributed by atoms with E-state index in [-0.39, 0.29) is 5.91 Å². The molecule has 0 aliphatic rings. The average Bonchev–Trinajstić information content (AvgIpc) is 2.38. The smallest absolute Gasteiger partial charge is 0.235 e. The van der Waals surface area contributed by atoms with Gasteiger partial charge in [0.1, 0.15) is 5.03 Å². The van der Waals surface area contributed by atoms with Crippen LogP contribution in [0.3, 0.4) is 0 Å². The Labute approximate surface area is 117 Å². The van der Waals surface area contributed by atoms with E-state index in [0.717, 1.165) is 16.1 Å². The first-order chi connectivity index (χ1) is 8.53. The minimum absolute atomic E-state index is 0.0723. The normalized spacial score (nSPS) is 11.3. The molecule has 1 heterocycles. The van der Waals surface area contributed by atoms with Crippen molar-refractivity contribution < 1.29 is 9.28 Å². The van der Waals surface area contributed by atoms with Gasteiger partial charge in [-0.25, -0.2) is 4.98 Å². The second-order valence-corrected chi connectivity index (χ2v) is 6.84. The van der Waals surface area contributed by atoms with Gasteiger partial charge in [0.05, 0.1) is 26.4 Å². The van der Waals surface area contributed by atoms with Crippen molar-refractivity contribution in [2.45, 2.75) is 11.9 Å². The number of hydrogen-bond acceptors (Lipinski definition) is 4. The molecule has 0 bridgehead atoms. The van der Waals surface area contributed by atoms with E-state index in [2.05, 4.69) is 31.3 Å². The molecule has 0 fully saturated rings. The molecule has 0 aliphatic heterocycles. The molecule has 6 heteroatoms. The van der Waals surface area contributed by atoms with E-state index in [0.29, 0.717) is 12.4 Å². The fraction of sp³-hybridized carbons (Fsp3) is 0.500. The highest BCUT2D eigenvalue weighted by Crippen LogP contribution is 2.28. The highest BCUT2D eigenvalue weighted by molar-refractivity contribution is 8.76. The first-order valence-electron chi connectivity index (χ1n) is 5.83. The monoisotopic (exact) mass is 286 g/mol. The molecule has 1 amide bonds. The second kappa shape index (κ2) is 7.66. The molecular formula is C12H20N3OS2+. The summed E-state index contributed by atoms with van der Waals surface area (Å²) in [6.07, 6.45) is 1.75. The van der Waals surface area contributed by atoms with E-state index in [9.17, 15) is 4.79 Å². The fourth-order valence-electron chi connectivity index (χ4n) is 1.00. The van der Waals surface area contributed by atoms with Gasteiger partial charge in [0, 0.05) is 6.20 Å². The van der Waals surface area contributed by atoms with Crippen molar-refractivity contribution >= 4 is 27.5 Å². The van der Waals surface area contributed by atoms with Crippen molar-refractivity contribution in [3.05, 3.63) is 24.4 Å². The Kier molecular flexibility index (Phi) is 6.52. The Morgan fingerprint density at radius 1 is 1.44 bits per heavy atom. The quantitative estimate of drug-likeness (QED) is 0.473. The molecule has 4 nitrogen and oxygen atoms in total. The minimum atomic E-state index is 0.0723. The third-order valence-corrected chi connectivity index (χ3v) is 4.66. The Hall–Kier alpha value is -0.720. The van der Waals surface area contributed by atoms with E-state index in [1.807, 2.05) is 18.2 Å². The molecule has 1 rings (SSSR count). The first-order valence-corrected chi connectivity index (χ1v) is 8.14. The molecule has 0 radical (unpaired) electrons. The van der Waals surface area contributed by atoms with Crippen molar-refractivity contribution in [1.29, 1.82) is 0 Å². The lowest BCUT2D eigenvalue weighted by Crippen LogP contribution is -2.48. The summed E-state index contributed by atoms with van der Waals surface area (Å²) in [5, 5.41) is 3.87. The van der Waals surface area contributed by atoms with Gasteiger partial charge in [-0.15, -0.1) is 0 Å². The number of hydrogen-bond donors (Lipinski definition) is 1. The largest absolute Gasteiger partial charge is 0.312 e. The van der Waals surface area contributed by atoms with Crippen LogP contribution in [0.4, 0.5) is 0 Å². The summed E-state index contributed by atoms with van der Waals surface area (Å²) < 4.78 is 0.795. The SMILES string of the molecule is CC[N+](C)(C)CNC(=O)CSSc1ccccn1. The topological polar surface area (TPSA) is 42.0 Å². The van der Waals surface area contributed by atoms with Crippen LogP contribution in [0.25, 0.3) is 0 Å². The first kappa shape index (κ1) is 15.3. The third kappa shape index (κ3) is 6.28. The van der Waals surface area contributed by atoms with Crippen molar-refractivity contribution in [2.75, 3.05) is 33.1 Å². The maximum absolute atomic E-state index is 11.6. The molecule has 1 N–H and O–H groups in total. The third-order valence-electron chi connectivity index (χ3n) is 2.53. The summed E-state index contributed by atoms with van der Waals surface area (Å²) in [6, 6.07) is 5.76. The van der Waals surface area contributed by atoms with Crippen LogP contribution in [0.2, 0.25) is 0 Å². The van der Waals surface area contributed by atoms with Crippen LogP contribution < -0.4 is 5.32 Å². The summed E-state index contributed by atoms with van der Waals surface area (Å²) in [6.45, 7) is 3.78. The number of aromatic nitrogens is 1. The minimum Gasteiger partial charge on any atom is -0.312 e. The number of amides is 1. The molecule has 1 aromatic heterocycles. The van der Waals surface area contributed by atoms with Gasteiger partial charge in [-0.3, -0.25) is 4.79 Å². The number of nitrogens with one attached hydrogen (secondary N) is 1. The van der Waals surface area contributed by atoms with Crippen LogP contribution in [-0.4, -0.2) is 48.4 Å². The van der Waals surface area contributed by atoms with Crippen LogP contribution in [0, 0.1) is 0 Å². The molecule has 1 aromatic rings. The van der Waals surface area contributed by atoms with Crippen molar-refractivity contribution in [1.82, 2.24) is 10.3 Å². The molecule has 0 saturated carbocycles. The number of carbonyl (C=O) groups excluding carboxylic acids is 1. The predicted octanol–water partition coefficient (Wildman–Crippen LogP) is 1.99. The van der Waals surface area contributed by atoms with Crippen LogP contribution in [-0.2, 0) is 4.79 Å². The van der Waals surface area contributed by atoms with Crippen molar-refractivity contribution in [3.63, 3.8) is 0 Å². The standard InChI is InChI=1S/C12H19N3OS2/c1-4-15(2,3)10-14-11(16)9-17-18-12-7-5-6-8-13-12/h5-8H,4,9-10H2,1-3H3/p+1. The maximum atomic E-state index is 11.6. The van der Waals surface area contributed by atoms with Gasteiger partial charge in [-0.1, -0.05) is 16.9 Å². The molecule has 0 unspecified atom stereocenters. The molecule has 0 aliphatic carbocycles.